The van der Waals surface area contributed by atoms with Crippen LogP contribution in [0.25, 0.3) is 0 Å². The lowest BCUT2D eigenvalue weighted by Crippen LogP contribution is -2.33. The zero-order valence-corrected chi connectivity index (χ0v) is 21.3. The summed E-state index contributed by atoms with van der Waals surface area (Å²) in [4.78, 5) is 39.4. The highest BCUT2D eigenvalue weighted by Crippen LogP contribution is 2.47. The summed E-state index contributed by atoms with van der Waals surface area (Å²) in [6.45, 7) is 4.73. The first-order valence-electron chi connectivity index (χ1n) is 12.8. The third-order valence-corrected chi connectivity index (χ3v) is 6.87. The quantitative estimate of drug-likeness (QED) is 0.291. The molecule has 7 heteroatoms. The Hall–Kier alpha value is -3.71. The fourth-order valence-electron chi connectivity index (χ4n) is 4.92. The monoisotopic (exact) mass is 503 g/mol. The molecule has 4 rings (SSSR count). The predicted molar refractivity (Wildman–Crippen MR) is 139 cm³/mol. The minimum Gasteiger partial charge on any atom is -0.489 e. The molecule has 1 heterocycles. The minimum atomic E-state index is -1.10. The van der Waals surface area contributed by atoms with Crippen LogP contribution in [0.5, 0.6) is 5.75 Å². The van der Waals surface area contributed by atoms with Crippen LogP contribution in [0, 0.1) is 11.8 Å². The van der Waals surface area contributed by atoms with Crippen molar-refractivity contribution in [1.82, 2.24) is 4.90 Å². The summed E-state index contributed by atoms with van der Waals surface area (Å²) in [5.41, 5.74) is 2.68. The van der Waals surface area contributed by atoms with E-state index in [2.05, 4.69) is 0 Å². The smallest absolute Gasteiger partial charge is 0.338 e. The largest absolute Gasteiger partial charge is 0.489 e. The van der Waals surface area contributed by atoms with E-state index >= 15 is 0 Å². The van der Waals surface area contributed by atoms with Gasteiger partial charge in [0.05, 0.1) is 23.5 Å². The number of esters is 1. The number of amides is 2. The van der Waals surface area contributed by atoms with Crippen LogP contribution < -0.4 is 4.74 Å². The topological polar surface area (TPSA) is 93.1 Å². The molecule has 3 unspecified atom stereocenters. The van der Waals surface area contributed by atoms with Gasteiger partial charge in [-0.25, -0.2) is 4.79 Å². The summed E-state index contributed by atoms with van der Waals surface area (Å²) in [5, 5.41) is 11.2. The van der Waals surface area contributed by atoms with Gasteiger partial charge < -0.3 is 14.6 Å². The molecule has 1 saturated heterocycles. The van der Waals surface area contributed by atoms with Gasteiger partial charge in [0.1, 0.15) is 19.0 Å². The van der Waals surface area contributed by atoms with E-state index in [1.807, 2.05) is 44.2 Å². The molecule has 0 bridgehead atoms. The SMILES string of the molecule is C/C=C/C=C/COC(=O)c1ccc(COc2cccc3c2C(O)C2C(=O)N(CCCC)C(=O)C2C3)cc1. The zero-order valence-electron chi connectivity index (χ0n) is 21.3. The van der Waals surface area contributed by atoms with E-state index in [-0.39, 0.29) is 25.0 Å². The third kappa shape index (κ3) is 5.67. The maximum absolute atomic E-state index is 13.0. The highest BCUT2D eigenvalue weighted by molar-refractivity contribution is 6.06. The van der Waals surface area contributed by atoms with Crippen LogP contribution in [0.3, 0.4) is 0 Å². The highest BCUT2D eigenvalue weighted by atomic mass is 16.5. The molecule has 7 nitrogen and oxygen atoms in total. The van der Waals surface area contributed by atoms with Crippen molar-refractivity contribution in [2.45, 2.75) is 45.8 Å². The second-order valence-electron chi connectivity index (χ2n) is 9.33. The van der Waals surface area contributed by atoms with Gasteiger partial charge in [-0.1, -0.05) is 55.8 Å². The molecular weight excluding hydrogens is 470 g/mol. The lowest BCUT2D eigenvalue weighted by atomic mass is 9.75. The third-order valence-electron chi connectivity index (χ3n) is 6.87. The van der Waals surface area contributed by atoms with Crippen LogP contribution >= 0.6 is 0 Å². The summed E-state index contributed by atoms with van der Waals surface area (Å²) < 4.78 is 11.3. The Balaban J connectivity index is 1.42. The van der Waals surface area contributed by atoms with Crippen molar-refractivity contribution in [3.8, 4) is 5.75 Å². The van der Waals surface area contributed by atoms with Crippen molar-refractivity contribution in [2.24, 2.45) is 11.8 Å². The Morgan fingerprint density at radius 3 is 2.62 bits per heavy atom. The Labute approximate surface area is 217 Å². The number of unbranched alkanes of at least 4 members (excludes halogenated alkanes) is 1. The van der Waals surface area contributed by atoms with Gasteiger partial charge in [-0.15, -0.1) is 0 Å². The van der Waals surface area contributed by atoms with Crippen LogP contribution in [0.4, 0.5) is 0 Å². The predicted octanol–water partition coefficient (Wildman–Crippen LogP) is 4.55. The van der Waals surface area contributed by atoms with Crippen LogP contribution in [0.2, 0.25) is 0 Å². The molecule has 0 saturated carbocycles. The molecule has 2 aromatic carbocycles. The number of hydrogen-bond donors (Lipinski definition) is 1. The van der Waals surface area contributed by atoms with E-state index in [0.717, 1.165) is 24.0 Å². The summed E-state index contributed by atoms with van der Waals surface area (Å²) >= 11 is 0. The highest BCUT2D eigenvalue weighted by Gasteiger charge is 2.53. The molecule has 1 N–H and O–H groups in total. The fourth-order valence-corrected chi connectivity index (χ4v) is 4.92. The van der Waals surface area contributed by atoms with Crippen molar-refractivity contribution < 1.29 is 29.0 Å². The molecule has 2 aromatic rings. The molecular formula is C30H33NO6. The van der Waals surface area contributed by atoms with Gasteiger partial charge in [-0.3, -0.25) is 14.5 Å². The summed E-state index contributed by atoms with van der Waals surface area (Å²) in [6.07, 6.45) is 8.25. The van der Waals surface area contributed by atoms with E-state index in [0.29, 0.717) is 29.8 Å². The molecule has 194 valence electrons. The normalized spacial score (nSPS) is 20.9. The average molecular weight is 504 g/mol. The van der Waals surface area contributed by atoms with E-state index < -0.39 is 23.9 Å². The first kappa shape index (κ1) is 26.4. The number of fused-ring (bicyclic) bond motifs is 2. The maximum atomic E-state index is 13.0. The van der Waals surface area contributed by atoms with E-state index in [9.17, 15) is 19.5 Å². The lowest BCUT2D eigenvalue weighted by molar-refractivity contribution is -0.140. The summed E-state index contributed by atoms with van der Waals surface area (Å²) in [6, 6.07) is 12.4. The van der Waals surface area contributed by atoms with Gasteiger partial charge >= 0.3 is 5.97 Å². The van der Waals surface area contributed by atoms with Crippen molar-refractivity contribution in [1.29, 1.82) is 0 Å². The first-order chi connectivity index (χ1) is 18.0. The molecule has 0 spiro atoms. The number of aliphatic hydroxyl groups is 1. The van der Waals surface area contributed by atoms with Crippen LogP contribution in [-0.4, -0.2) is 40.9 Å². The molecule has 1 aliphatic carbocycles. The number of benzene rings is 2. The van der Waals surface area contributed by atoms with E-state index in [1.165, 1.54) is 4.90 Å². The molecule has 37 heavy (non-hydrogen) atoms. The molecule has 3 atom stereocenters. The number of ether oxygens (including phenoxy) is 2. The van der Waals surface area contributed by atoms with Gasteiger partial charge in [0, 0.05) is 12.1 Å². The van der Waals surface area contributed by atoms with Gasteiger partial charge in [-0.2, -0.15) is 0 Å². The number of rotatable bonds is 10. The standard InChI is InChI=1S/C30H33NO6/c1-3-5-7-8-17-36-30(35)21-14-12-20(13-15-21)19-37-24-11-9-10-22-18-23-26(27(32)25(22)24)29(34)31(28(23)33)16-6-4-2/h3,5,7-15,23,26-27,32H,4,6,16-19H2,1-2H3/b5-3+,8-7+. The van der Waals surface area contributed by atoms with E-state index in [1.54, 1.807) is 36.4 Å². The first-order valence-corrected chi connectivity index (χ1v) is 12.8. The van der Waals surface area contributed by atoms with Gasteiger partial charge in [0.25, 0.3) is 0 Å². The molecule has 0 aromatic heterocycles. The number of carbonyl (C=O) groups is 3. The Morgan fingerprint density at radius 2 is 1.89 bits per heavy atom. The van der Waals surface area contributed by atoms with Gasteiger partial charge in [-0.05, 0) is 55.2 Å². The van der Waals surface area contributed by atoms with Crippen LogP contribution in [0.15, 0.2) is 66.8 Å². The average Bonchev–Trinajstić information content (AvgIpc) is 3.15. The number of imide groups is 1. The fraction of sp³-hybridized carbons (Fsp3) is 0.367. The summed E-state index contributed by atoms with van der Waals surface area (Å²) in [5.74, 6) is -1.71. The minimum absolute atomic E-state index is 0.188. The number of nitrogens with zero attached hydrogens (tertiary/aromatic N) is 1. The molecule has 0 radical (unpaired) electrons. The van der Waals surface area contributed by atoms with Gasteiger partial charge in [0.15, 0.2) is 0 Å². The molecule has 1 aliphatic heterocycles. The number of aliphatic hydroxyl groups excluding tert-OH is 1. The number of hydrogen-bond acceptors (Lipinski definition) is 6. The van der Waals surface area contributed by atoms with Crippen molar-refractivity contribution >= 4 is 17.8 Å². The Bertz CT molecular complexity index is 1200. The number of carbonyl (C=O) groups excluding carboxylic acids is 3. The summed E-state index contributed by atoms with van der Waals surface area (Å²) in [7, 11) is 0. The van der Waals surface area contributed by atoms with Crippen molar-refractivity contribution in [2.75, 3.05) is 13.2 Å². The van der Waals surface area contributed by atoms with Crippen molar-refractivity contribution in [3.05, 3.63) is 89.0 Å². The number of allylic oxidation sites excluding steroid dienone is 3. The Morgan fingerprint density at radius 1 is 1.11 bits per heavy atom. The zero-order chi connectivity index (χ0) is 26.4. The Kier molecular flexibility index (Phi) is 8.56. The van der Waals surface area contributed by atoms with Crippen molar-refractivity contribution in [3.63, 3.8) is 0 Å². The lowest BCUT2D eigenvalue weighted by Gasteiger charge is -2.30. The molecule has 2 amide bonds. The van der Waals surface area contributed by atoms with Gasteiger partial charge in [0.2, 0.25) is 11.8 Å². The molecule has 1 fully saturated rings. The van der Waals surface area contributed by atoms with E-state index in [4.69, 9.17) is 9.47 Å². The second-order valence-corrected chi connectivity index (χ2v) is 9.33. The number of likely N-dealkylation sites (tertiary alicyclic amines) is 1. The van der Waals surface area contributed by atoms with Crippen LogP contribution in [0.1, 0.15) is 59.8 Å². The van der Waals surface area contributed by atoms with Crippen LogP contribution in [-0.2, 0) is 27.4 Å². The second kappa shape index (κ2) is 12.0. The maximum Gasteiger partial charge on any atom is 0.338 e. The molecule has 2 aliphatic rings.